The van der Waals surface area contributed by atoms with Gasteiger partial charge in [-0.1, -0.05) is 12.5 Å². The van der Waals surface area contributed by atoms with Crippen molar-refractivity contribution in [2.24, 2.45) is 5.92 Å². The van der Waals surface area contributed by atoms with Gasteiger partial charge in [0, 0.05) is 18.5 Å². The number of benzene rings is 1. The van der Waals surface area contributed by atoms with E-state index in [9.17, 15) is 18.0 Å². The molecule has 0 spiro atoms. The Kier molecular flexibility index (Phi) is 8.86. The molecular formula is C23H33NO7S. The fraction of sp³-hybridized carbons (Fsp3) is 0.565. The predicted octanol–water partition coefficient (Wildman–Crippen LogP) is 3.32. The topological polar surface area (TPSA) is 99.2 Å². The van der Waals surface area contributed by atoms with Crippen LogP contribution in [0, 0.1) is 5.92 Å². The Morgan fingerprint density at radius 3 is 2.38 bits per heavy atom. The third-order valence-corrected chi connectivity index (χ3v) is 6.86. The van der Waals surface area contributed by atoms with Crippen LogP contribution in [-0.4, -0.2) is 56.6 Å². The monoisotopic (exact) mass is 467 g/mol. The number of esters is 2. The second kappa shape index (κ2) is 11.0. The summed E-state index contributed by atoms with van der Waals surface area (Å²) in [6, 6.07) is 4.93. The standard InChI is InChI=1S/C23H33NO7S/c1-6-30-20(25)15-10-17-9-7-8-16-24(21(17)22(26)31-23(2,3)4)32(27,28)19-13-11-18(29-5)12-14-19/h10-15,17,21H,6-9,16H2,1-5H3/b15-10+. The van der Waals surface area contributed by atoms with Gasteiger partial charge in [-0.05, 0) is 64.8 Å². The van der Waals surface area contributed by atoms with Gasteiger partial charge in [-0.2, -0.15) is 4.31 Å². The van der Waals surface area contributed by atoms with Gasteiger partial charge in [-0.3, -0.25) is 4.79 Å². The van der Waals surface area contributed by atoms with Crippen molar-refractivity contribution < 1.29 is 32.2 Å². The van der Waals surface area contributed by atoms with Crippen LogP contribution in [0.25, 0.3) is 0 Å². The number of hydrogen-bond donors (Lipinski definition) is 0. The maximum Gasteiger partial charge on any atom is 0.330 e. The van der Waals surface area contributed by atoms with Gasteiger partial charge >= 0.3 is 11.9 Å². The summed E-state index contributed by atoms with van der Waals surface area (Å²) in [6.45, 7) is 7.28. The third-order valence-electron chi connectivity index (χ3n) is 4.96. The van der Waals surface area contributed by atoms with E-state index in [4.69, 9.17) is 14.2 Å². The average molecular weight is 468 g/mol. The number of carbonyl (C=O) groups is 2. The summed E-state index contributed by atoms with van der Waals surface area (Å²) >= 11 is 0. The van der Waals surface area contributed by atoms with Gasteiger partial charge in [0.05, 0.1) is 18.6 Å². The van der Waals surface area contributed by atoms with Crippen molar-refractivity contribution in [3.8, 4) is 5.75 Å². The maximum absolute atomic E-state index is 13.6. The minimum absolute atomic E-state index is 0.0573. The number of nitrogens with zero attached hydrogens (tertiary/aromatic N) is 1. The first kappa shape index (κ1) is 25.9. The van der Waals surface area contributed by atoms with Gasteiger partial charge in [-0.25, -0.2) is 13.2 Å². The zero-order chi connectivity index (χ0) is 23.9. The highest BCUT2D eigenvalue weighted by atomic mass is 32.2. The zero-order valence-electron chi connectivity index (χ0n) is 19.4. The van der Waals surface area contributed by atoms with Crippen molar-refractivity contribution in [2.45, 2.75) is 63.5 Å². The number of rotatable bonds is 7. The molecular weight excluding hydrogens is 434 g/mol. The summed E-state index contributed by atoms with van der Waals surface area (Å²) in [4.78, 5) is 25.2. The molecule has 0 aliphatic carbocycles. The molecule has 0 bridgehead atoms. The molecule has 32 heavy (non-hydrogen) atoms. The number of carbonyl (C=O) groups excluding carboxylic acids is 2. The molecule has 1 aliphatic heterocycles. The van der Waals surface area contributed by atoms with Gasteiger partial charge < -0.3 is 14.2 Å². The summed E-state index contributed by atoms with van der Waals surface area (Å²) in [7, 11) is -2.52. The molecule has 2 rings (SSSR count). The molecule has 1 aliphatic rings. The largest absolute Gasteiger partial charge is 0.497 e. The van der Waals surface area contributed by atoms with Gasteiger partial charge in [-0.15, -0.1) is 0 Å². The smallest absolute Gasteiger partial charge is 0.330 e. The summed E-state index contributed by atoms with van der Waals surface area (Å²) < 4.78 is 44.0. The minimum atomic E-state index is -4.01. The molecule has 1 saturated heterocycles. The molecule has 2 unspecified atom stereocenters. The molecule has 1 aromatic carbocycles. The molecule has 9 heteroatoms. The van der Waals surface area contributed by atoms with E-state index < -0.39 is 39.5 Å². The van der Waals surface area contributed by atoms with E-state index in [2.05, 4.69) is 0 Å². The van der Waals surface area contributed by atoms with Crippen LogP contribution < -0.4 is 4.74 Å². The average Bonchev–Trinajstić information content (AvgIpc) is 2.94. The van der Waals surface area contributed by atoms with Crippen LogP contribution in [-0.2, 0) is 29.1 Å². The van der Waals surface area contributed by atoms with Crippen LogP contribution in [0.15, 0.2) is 41.3 Å². The molecule has 8 nitrogen and oxygen atoms in total. The van der Waals surface area contributed by atoms with Crippen molar-refractivity contribution in [1.82, 2.24) is 4.31 Å². The maximum atomic E-state index is 13.6. The minimum Gasteiger partial charge on any atom is -0.497 e. The molecule has 0 aromatic heterocycles. The lowest BCUT2D eigenvalue weighted by Crippen LogP contribution is -2.50. The Morgan fingerprint density at radius 1 is 1.16 bits per heavy atom. The van der Waals surface area contributed by atoms with Crippen LogP contribution >= 0.6 is 0 Å². The van der Waals surface area contributed by atoms with E-state index >= 15 is 0 Å². The fourth-order valence-electron chi connectivity index (χ4n) is 3.56. The second-order valence-electron chi connectivity index (χ2n) is 8.54. The van der Waals surface area contributed by atoms with Crippen LogP contribution in [0.1, 0.15) is 47.0 Å². The highest BCUT2D eigenvalue weighted by molar-refractivity contribution is 7.89. The van der Waals surface area contributed by atoms with E-state index in [1.54, 1.807) is 45.9 Å². The quantitative estimate of drug-likeness (QED) is 0.448. The zero-order valence-corrected chi connectivity index (χ0v) is 20.2. The third kappa shape index (κ3) is 6.80. The van der Waals surface area contributed by atoms with E-state index in [1.807, 2.05) is 0 Å². The van der Waals surface area contributed by atoms with Crippen LogP contribution in [0.2, 0.25) is 0 Å². The summed E-state index contributed by atoms with van der Waals surface area (Å²) in [5.41, 5.74) is -0.797. The summed E-state index contributed by atoms with van der Waals surface area (Å²) in [5, 5.41) is 0. The van der Waals surface area contributed by atoms with Gasteiger partial charge in [0.1, 0.15) is 17.4 Å². The Balaban J connectivity index is 2.49. The molecule has 0 amide bonds. The molecule has 0 radical (unpaired) electrons. The van der Waals surface area contributed by atoms with Crippen molar-refractivity contribution in [3.63, 3.8) is 0 Å². The SMILES string of the molecule is CCOC(=O)/C=C/C1CCCCN(S(=O)(=O)c2ccc(OC)cc2)C1C(=O)OC(C)(C)C. The highest BCUT2D eigenvalue weighted by Crippen LogP contribution is 2.32. The predicted molar refractivity (Wildman–Crippen MR) is 120 cm³/mol. The highest BCUT2D eigenvalue weighted by Gasteiger charge is 2.43. The molecule has 1 heterocycles. The van der Waals surface area contributed by atoms with Crippen LogP contribution in [0.4, 0.5) is 0 Å². The van der Waals surface area contributed by atoms with Gasteiger partial charge in [0.25, 0.3) is 0 Å². The molecule has 2 atom stereocenters. The normalized spacial score (nSPS) is 20.5. The van der Waals surface area contributed by atoms with E-state index in [0.717, 1.165) is 0 Å². The van der Waals surface area contributed by atoms with E-state index in [-0.39, 0.29) is 18.0 Å². The number of sulfonamides is 1. The van der Waals surface area contributed by atoms with E-state index in [0.29, 0.717) is 25.0 Å². The number of methoxy groups -OCH3 is 1. The lowest BCUT2D eigenvalue weighted by molar-refractivity contribution is -0.161. The fourth-order valence-corrected chi connectivity index (χ4v) is 5.22. The Morgan fingerprint density at radius 2 is 1.81 bits per heavy atom. The van der Waals surface area contributed by atoms with E-state index in [1.165, 1.54) is 29.6 Å². The molecule has 0 saturated carbocycles. The van der Waals surface area contributed by atoms with Crippen LogP contribution in [0.3, 0.4) is 0 Å². The first-order valence-corrected chi connectivity index (χ1v) is 12.2. The Labute approximate surface area is 190 Å². The molecule has 0 N–H and O–H groups in total. The summed E-state index contributed by atoms with van der Waals surface area (Å²) in [5.74, 6) is -1.19. The Hall–Kier alpha value is -2.39. The number of hydrogen-bond acceptors (Lipinski definition) is 7. The molecule has 1 fully saturated rings. The first-order valence-electron chi connectivity index (χ1n) is 10.7. The van der Waals surface area contributed by atoms with Gasteiger partial charge in [0.2, 0.25) is 10.0 Å². The lowest BCUT2D eigenvalue weighted by Gasteiger charge is -2.33. The van der Waals surface area contributed by atoms with Crippen molar-refractivity contribution in [1.29, 1.82) is 0 Å². The molecule has 1 aromatic rings. The van der Waals surface area contributed by atoms with Crippen molar-refractivity contribution in [2.75, 3.05) is 20.3 Å². The number of ether oxygens (including phenoxy) is 3. The molecule has 178 valence electrons. The van der Waals surface area contributed by atoms with Crippen LogP contribution in [0.5, 0.6) is 5.75 Å². The lowest BCUT2D eigenvalue weighted by atomic mass is 9.94. The Bertz CT molecular complexity index is 917. The van der Waals surface area contributed by atoms with Crippen molar-refractivity contribution >= 4 is 22.0 Å². The van der Waals surface area contributed by atoms with Crippen molar-refractivity contribution in [3.05, 3.63) is 36.4 Å². The first-order chi connectivity index (χ1) is 15.0. The van der Waals surface area contributed by atoms with Gasteiger partial charge in [0.15, 0.2) is 0 Å². The second-order valence-corrected chi connectivity index (χ2v) is 10.4. The summed E-state index contributed by atoms with van der Waals surface area (Å²) in [6.07, 6.45) is 4.64.